The third-order valence-corrected chi connectivity index (χ3v) is 3.63. The van der Waals surface area contributed by atoms with Gasteiger partial charge in [-0.15, -0.1) is 0 Å². The Morgan fingerprint density at radius 3 is 2.86 bits per heavy atom. The Morgan fingerprint density at radius 2 is 2.24 bits per heavy atom. The molecule has 11 heteroatoms. The van der Waals surface area contributed by atoms with Gasteiger partial charge in [0.1, 0.15) is 6.23 Å². The maximum absolute atomic E-state index is 11.7. The van der Waals surface area contributed by atoms with E-state index in [-0.39, 0.29) is 13.0 Å². The summed E-state index contributed by atoms with van der Waals surface area (Å²) in [5, 5.41) is 0. The van der Waals surface area contributed by atoms with E-state index in [1.807, 2.05) is 0 Å². The van der Waals surface area contributed by atoms with Crippen molar-refractivity contribution in [2.75, 3.05) is 6.61 Å². The van der Waals surface area contributed by atoms with Gasteiger partial charge in [0, 0.05) is 24.2 Å². The molecule has 5 N–H and O–H groups in total. The summed E-state index contributed by atoms with van der Waals surface area (Å²) in [4.78, 5) is 42.5. The lowest BCUT2D eigenvalue weighted by atomic mass is 10.1. The number of nitrogens with one attached hydrogen (secondary N) is 1. The minimum absolute atomic E-state index is 0.251. The molecule has 3 atom stereocenters. The molecule has 1 aromatic heterocycles. The van der Waals surface area contributed by atoms with Crippen LogP contribution in [0.4, 0.5) is 0 Å². The minimum Gasteiger partial charge on any atom is -0.351 e. The largest absolute Gasteiger partial charge is 0.469 e. The van der Waals surface area contributed by atoms with Crippen molar-refractivity contribution in [1.29, 1.82) is 0 Å². The molecule has 1 aromatic rings. The van der Waals surface area contributed by atoms with Crippen LogP contribution in [0.1, 0.15) is 18.2 Å². The van der Waals surface area contributed by atoms with Gasteiger partial charge in [-0.2, -0.15) is 0 Å². The fourth-order valence-electron chi connectivity index (χ4n) is 2.06. The zero-order chi connectivity index (χ0) is 15.8. The number of rotatable bonds is 4. The third-order valence-electron chi connectivity index (χ3n) is 3.15. The number of aromatic amines is 1. The standard InChI is InChI=1S/C10H16N3O7P/c1-5-3-13(10(15)12-9(5)14)8-2-6(11)7(20-8)4-19-21(16,17)18/h3,6-8H,2,4,11H2,1H3,(H,12,14,15)(H2,16,17,18)/t6?,7-,8-/m1/s1. The lowest BCUT2D eigenvalue weighted by Crippen LogP contribution is -2.33. The molecule has 0 saturated carbocycles. The molecule has 21 heavy (non-hydrogen) atoms. The van der Waals surface area contributed by atoms with Crippen LogP contribution in [0, 0.1) is 6.92 Å². The molecular formula is C10H16N3O7P. The number of nitrogens with two attached hydrogens (primary N) is 1. The number of hydrogen-bond acceptors (Lipinski definition) is 6. The van der Waals surface area contributed by atoms with Crippen molar-refractivity contribution in [3.05, 3.63) is 32.6 Å². The highest BCUT2D eigenvalue weighted by atomic mass is 31.2. The van der Waals surface area contributed by atoms with Crippen LogP contribution in [0.5, 0.6) is 0 Å². The van der Waals surface area contributed by atoms with Crippen LogP contribution in [0.15, 0.2) is 15.8 Å². The third kappa shape index (κ3) is 3.88. The molecule has 118 valence electrons. The van der Waals surface area contributed by atoms with Crippen LogP contribution in [-0.2, 0) is 13.8 Å². The van der Waals surface area contributed by atoms with Crippen LogP contribution in [0.3, 0.4) is 0 Å². The van der Waals surface area contributed by atoms with Crippen molar-refractivity contribution in [3.8, 4) is 0 Å². The van der Waals surface area contributed by atoms with Gasteiger partial charge in [0.15, 0.2) is 0 Å². The topological polar surface area (TPSA) is 157 Å². The molecule has 2 rings (SSSR count). The molecule has 10 nitrogen and oxygen atoms in total. The maximum atomic E-state index is 11.7. The quantitative estimate of drug-likeness (QED) is 0.491. The van der Waals surface area contributed by atoms with Crippen LogP contribution in [-0.4, -0.2) is 38.1 Å². The molecule has 1 fully saturated rings. The van der Waals surface area contributed by atoms with E-state index in [4.69, 9.17) is 20.3 Å². The second kappa shape index (κ2) is 5.84. The molecule has 0 amide bonds. The number of hydrogen-bond donors (Lipinski definition) is 4. The van der Waals surface area contributed by atoms with Crippen molar-refractivity contribution in [3.63, 3.8) is 0 Å². The summed E-state index contributed by atoms with van der Waals surface area (Å²) in [6.07, 6.45) is 0.112. The Morgan fingerprint density at radius 1 is 1.57 bits per heavy atom. The van der Waals surface area contributed by atoms with Crippen LogP contribution in [0.25, 0.3) is 0 Å². The second-order valence-electron chi connectivity index (χ2n) is 4.79. The highest BCUT2D eigenvalue weighted by molar-refractivity contribution is 7.46. The molecule has 1 unspecified atom stereocenters. The summed E-state index contributed by atoms with van der Waals surface area (Å²) < 4.78 is 21.7. The Kier molecular flexibility index (Phi) is 4.47. The SMILES string of the molecule is Cc1cn([C@H]2CC(N)[C@@H](COP(=O)(O)O)O2)c(=O)[nH]c1=O. The van der Waals surface area contributed by atoms with Crippen molar-refractivity contribution in [2.24, 2.45) is 5.73 Å². The van der Waals surface area contributed by atoms with E-state index >= 15 is 0 Å². The highest BCUT2D eigenvalue weighted by Crippen LogP contribution is 2.37. The second-order valence-corrected chi connectivity index (χ2v) is 6.03. The lowest BCUT2D eigenvalue weighted by Gasteiger charge is -2.16. The van der Waals surface area contributed by atoms with E-state index in [9.17, 15) is 14.2 Å². The molecule has 1 aliphatic heterocycles. The molecule has 0 bridgehead atoms. The van der Waals surface area contributed by atoms with Crippen LogP contribution in [0.2, 0.25) is 0 Å². The Balaban J connectivity index is 2.14. The molecule has 1 aliphatic rings. The molecular weight excluding hydrogens is 305 g/mol. The van der Waals surface area contributed by atoms with Gasteiger partial charge >= 0.3 is 13.5 Å². The summed E-state index contributed by atoms with van der Waals surface area (Å²) in [5.74, 6) is 0. The van der Waals surface area contributed by atoms with Gasteiger partial charge in [-0.1, -0.05) is 0 Å². The average molecular weight is 321 g/mol. The van der Waals surface area contributed by atoms with Crippen molar-refractivity contribution >= 4 is 7.82 Å². The summed E-state index contributed by atoms with van der Waals surface area (Å²) in [6, 6.07) is -0.555. The van der Waals surface area contributed by atoms with Gasteiger partial charge < -0.3 is 20.3 Å². The van der Waals surface area contributed by atoms with Crippen LogP contribution >= 0.6 is 7.82 Å². The average Bonchev–Trinajstić information content (AvgIpc) is 2.72. The van der Waals surface area contributed by atoms with E-state index in [2.05, 4.69) is 9.51 Å². The first kappa shape index (κ1) is 16.1. The van der Waals surface area contributed by atoms with E-state index in [0.29, 0.717) is 5.56 Å². The summed E-state index contributed by atoms with van der Waals surface area (Å²) in [6.45, 7) is 1.15. The molecule has 2 heterocycles. The zero-order valence-electron chi connectivity index (χ0n) is 11.1. The molecule has 1 saturated heterocycles. The first-order valence-corrected chi connectivity index (χ1v) is 7.63. The first-order chi connectivity index (χ1) is 9.67. The number of aromatic nitrogens is 2. The Hall–Kier alpha value is -1.29. The van der Waals surface area contributed by atoms with Gasteiger partial charge in [0.05, 0.1) is 12.7 Å². The summed E-state index contributed by atoms with van der Waals surface area (Å²) in [5.41, 5.74) is 5.02. The maximum Gasteiger partial charge on any atom is 0.469 e. The molecule has 0 aliphatic carbocycles. The number of phosphoric ester groups is 1. The van der Waals surface area contributed by atoms with Crippen LogP contribution < -0.4 is 17.0 Å². The Labute approximate surface area is 118 Å². The highest BCUT2D eigenvalue weighted by Gasteiger charge is 2.36. The summed E-state index contributed by atoms with van der Waals surface area (Å²) in [7, 11) is -4.61. The Bertz CT molecular complexity index is 678. The predicted molar refractivity (Wildman–Crippen MR) is 70.6 cm³/mol. The minimum atomic E-state index is -4.61. The number of nitrogens with zero attached hydrogens (tertiary/aromatic N) is 1. The van der Waals surface area contributed by atoms with E-state index < -0.39 is 37.4 Å². The van der Waals surface area contributed by atoms with E-state index in [0.717, 1.165) is 0 Å². The monoisotopic (exact) mass is 321 g/mol. The predicted octanol–water partition coefficient (Wildman–Crippen LogP) is -1.43. The fraction of sp³-hybridized carbons (Fsp3) is 0.600. The lowest BCUT2D eigenvalue weighted by molar-refractivity contribution is -0.0268. The number of aryl methyl sites for hydroxylation is 1. The van der Waals surface area contributed by atoms with E-state index in [1.165, 1.54) is 17.7 Å². The van der Waals surface area contributed by atoms with Gasteiger partial charge in [-0.3, -0.25) is 18.9 Å². The van der Waals surface area contributed by atoms with Gasteiger partial charge in [0.25, 0.3) is 5.56 Å². The van der Waals surface area contributed by atoms with Crippen molar-refractivity contribution in [1.82, 2.24) is 9.55 Å². The number of H-pyrrole nitrogens is 1. The van der Waals surface area contributed by atoms with Gasteiger partial charge in [0.2, 0.25) is 0 Å². The first-order valence-electron chi connectivity index (χ1n) is 6.10. The molecule has 0 radical (unpaired) electrons. The molecule has 0 spiro atoms. The smallest absolute Gasteiger partial charge is 0.351 e. The van der Waals surface area contributed by atoms with E-state index in [1.54, 1.807) is 0 Å². The van der Waals surface area contributed by atoms with Crippen molar-refractivity contribution < 1.29 is 23.6 Å². The summed E-state index contributed by atoms with van der Waals surface area (Å²) >= 11 is 0. The van der Waals surface area contributed by atoms with Crippen molar-refractivity contribution in [2.45, 2.75) is 31.7 Å². The normalized spacial score (nSPS) is 26.2. The number of ether oxygens (including phenoxy) is 1. The van der Waals surface area contributed by atoms with Gasteiger partial charge in [-0.25, -0.2) is 9.36 Å². The van der Waals surface area contributed by atoms with Gasteiger partial charge in [-0.05, 0) is 6.92 Å². The zero-order valence-corrected chi connectivity index (χ0v) is 12.0. The molecule has 0 aromatic carbocycles. The number of phosphoric acid groups is 1. The fourth-order valence-corrected chi connectivity index (χ4v) is 2.40.